The van der Waals surface area contributed by atoms with Gasteiger partial charge in [0, 0.05) is 20.3 Å². The number of amidine groups is 1. The number of thiazole rings is 1. The van der Waals surface area contributed by atoms with Gasteiger partial charge >= 0.3 is 0 Å². The van der Waals surface area contributed by atoms with E-state index in [2.05, 4.69) is 4.98 Å². The number of ether oxygens (including phenoxy) is 1. The lowest BCUT2D eigenvalue weighted by atomic mass is 10.2. The summed E-state index contributed by atoms with van der Waals surface area (Å²) in [6, 6.07) is 7.86. The number of nitrogens with zero attached hydrogens (tertiary/aromatic N) is 2. The predicted molar refractivity (Wildman–Crippen MR) is 85.0 cm³/mol. The minimum Gasteiger partial charge on any atom is -0.510 e. The highest BCUT2D eigenvalue weighted by atomic mass is 32.1. The van der Waals surface area contributed by atoms with Gasteiger partial charge in [-0.15, -0.1) is 11.3 Å². The number of benzene rings is 1. The fourth-order valence-corrected chi connectivity index (χ4v) is 3.46. The highest BCUT2D eigenvalue weighted by Gasteiger charge is 2.29. The van der Waals surface area contributed by atoms with Crippen LogP contribution in [0, 0.1) is 5.41 Å². The lowest BCUT2D eigenvalue weighted by Gasteiger charge is -2.17. The van der Waals surface area contributed by atoms with Crippen molar-refractivity contribution < 1.29 is 9.84 Å². The first-order chi connectivity index (χ1) is 10.2. The van der Waals surface area contributed by atoms with Crippen LogP contribution in [0.2, 0.25) is 0 Å². The predicted octanol–water partition coefficient (Wildman–Crippen LogP) is 2.89. The van der Waals surface area contributed by atoms with Crippen LogP contribution in [-0.2, 0) is 4.74 Å². The third-order valence-corrected chi connectivity index (χ3v) is 4.52. The number of rotatable bonds is 5. The summed E-state index contributed by atoms with van der Waals surface area (Å²) in [6.45, 7) is 1.74. The molecule has 0 spiro atoms. The van der Waals surface area contributed by atoms with E-state index in [-0.39, 0.29) is 5.76 Å². The second-order valence-electron chi connectivity index (χ2n) is 4.92. The molecule has 1 aromatic heterocycles. The summed E-state index contributed by atoms with van der Waals surface area (Å²) >= 11 is 1.51. The third kappa shape index (κ3) is 2.64. The van der Waals surface area contributed by atoms with Gasteiger partial charge < -0.3 is 14.7 Å². The number of aliphatic hydroxyl groups is 1. The van der Waals surface area contributed by atoms with Gasteiger partial charge in [0.15, 0.2) is 0 Å². The molecule has 1 aliphatic rings. The molecule has 0 fully saturated rings. The Balaban J connectivity index is 1.84. The normalized spacial score (nSPS) is 15.5. The molecule has 110 valence electrons. The molecule has 0 bridgehead atoms. The topological polar surface area (TPSA) is 69.4 Å². The summed E-state index contributed by atoms with van der Waals surface area (Å²) in [5.74, 6) is 0.583. The van der Waals surface area contributed by atoms with E-state index in [1.807, 2.05) is 29.2 Å². The van der Waals surface area contributed by atoms with Crippen molar-refractivity contribution in [2.45, 2.75) is 6.42 Å². The molecule has 0 unspecified atom stereocenters. The Morgan fingerprint density at radius 3 is 3.00 bits per heavy atom. The fourth-order valence-electron chi connectivity index (χ4n) is 2.43. The average molecular weight is 303 g/mol. The molecule has 6 heteroatoms. The number of aliphatic hydroxyl groups excluding tert-OH is 1. The largest absolute Gasteiger partial charge is 0.510 e. The van der Waals surface area contributed by atoms with Crippen LogP contribution < -0.4 is 0 Å². The Morgan fingerprint density at radius 2 is 2.24 bits per heavy atom. The van der Waals surface area contributed by atoms with Gasteiger partial charge in [-0.25, -0.2) is 4.98 Å². The summed E-state index contributed by atoms with van der Waals surface area (Å²) in [7, 11) is 1.66. The molecule has 0 aliphatic carbocycles. The lowest BCUT2D eigenvalue weighted by Crippen LogP contribution is -2.28. The molecule has 3 rings (SSSR count). The van der Waals surface area contributed by atoms with Gasteiger partial charge in [-0.3, -0.25) is 5.41 Å². The molecule has 0 amide bonds. The molecule has 2 aromatic rings. The lowest BCUT2D eigenvalue weighted by molar-refractivity contribution is 0.186. The molecule has 0 saturated carbocycles. The van der Waals surface area contributed by atoms with Crippen molar-refractivity contribution in [2.75, 3.05) is 26.8 Å². The molecule has 1 aliphatic heterocycles. The smallest absolute Gasteiger partial charge is 0.135 e. The summed E-state index contributed by atoms with van der Waals surface area (Å²) in [5, 5.41) is 19.2. The second kappa shape index (κ2) is 5.83. The average Bonchev–Trinajstić information content (AvgIpc) is 3.00. The van der Waals surface area contributed by atoms with Crippen molar-refractivity contribution in [1.29, 1.82) is 5.41 Å². The number of aromatic nitrogens is 1. The van der Waals surface area contributed by atoms with Crippen molar-refractivity contribution in [3.8, 4) is 0 Å². The second-order valence-corrected chi connectivity index (χ2v) is 5.96. The monoisotopic (exact) mass is 303 g/mol. The number of hydrogen-bond donors (Lipinski definition) is 2. The van der Waals surface area contributed by atoms with Gasteiger partial charge in [-0.1, -0.05) is 12.1 Å². The van der Waals surface area contributed by atoms with E-state index >= 15 is 0 Å². The van der Waals surface area contributed by atoms with Crippen LogP contribution in [0.5, 0.6) is 0 Å². The van der Waals surface area contributed by atoms with Gasteiger partial charge in [-0.05, 0) is 18.6 Å². The molecule has 0 atom stereocenters. The van der Waals surface area contributed by atoms with E-state index in [0.29, 0.717) is 36.1 Å². The van der Waals surface area contributed by atoms with E-state index in [4.69, 9.17) is 10.1 Å². The van der Waals surface area contributed by atoms with Crippen LogP contribution in [0.15, 0.2) is 30.0 Å². The zero-order valence-electron chi connectivity index (χ0n) is 11.8. The fraction of sp³-hybridized carbons (Fsp3) is 0.333. The molecule has 2 N–H and O–H groups in total. The maximum absolute atomic E-state index is 10.2. The summed E-state index contributed by atoms with van der Waals surface area (Å²) < 4.78 is 6.10. The van der Waals surface area contributed by atoms with Crippen LogP contribution in [0.25, 0.3) is 15.8 Å². The summed E-state index contributed by atoms with van der Waals surface area (Å²) in [6.07, 6.45) is 0.833. The Hall–Kier alpha value is -1.92. The maximum atomic E-state index is 10.2. The zero-order chi connectivity index (χ0) is 14.8. The quantitative estimate of drug-likeness (QED) is 0.833. The molecule has 1 aromatic carbocycles. The first-order valence-corrected chi connectivity index (χ1v) is 7.63. The number of methoxy groups -OCH3 is 1. The Kier molecular flexibility index (Phi) is 3.90. The minimum absolute atomic E-state index is 0.233. The first kappa shape index (κ1) is 14.0. The van der Waals surface area contributed by atoms with E-state index in [9.17, 15) is 5.11 Å². The third-order valence-electron chi connectivity index (χ3n) is 3.47. The van der Waals surface area contributed by atoms with Crippen LogP contribution in [-0.4, -0.2) is 47.6 Å². The highest BCUT2D eigenvalue weighted by Crippen LogP contribution is 2.32. The van der Waals surface area contributed by atoms with Crippen molar-refractivity contribution in [1.82, 2.24) is 9.88 Å². The van der Waals surface area contributed by atoms with Crippen LogP contribution in [0.4, 0.5) is 0 Å². The van der Waals surface area contributed by atoms with Crippen molar-refractivity contribution in [3.05, 3.63) is 35.0 Å². The van der Waals surface area contributed by atoms with Crippen molar-refractivity contribution in [2.24, 2.45) is 0 Å². The molecule has 21 heavy (non-hydrogen) atoms. The minimum atomic E-state index is 0.233. The van der Waals surface area contributed by atoms with E-state index < -0.39 is 0 Å². The Bertz CT molecular complexity index is 675. The molecular weight excluding hydrogens is 286 g/mol. The highest BCUT2D eigenvalue weighted by molar-refractivity contribution is 7.19. The van der Waals surface area contributed by atoms with E-state index in [1.165, 1.54) is 11.3 Å². The molecule has 5 nitrogen and oxygen atoms in total. The van der Waals surface area contributed by atoms with Gasteiger partial charge in [-0.2, -0.15) is 0 Å². The first-order valence-electron chi connectivity index (χ1n) is 6.81. The SMILES string of the molecule is COCCCN1CC(O)=C(c2nc3ccccc3s2)C1=N. The van der Waals surface area contributed by atoms with E-state index in [1.54, 1.807) is 7.11 Å². The molecule has 0 radical (unpaired) electrons. The molecular formula is C15H17N3O2S. The van der Waals surface area contributed by atoms with Crippen molar-refractivity contribution in [3.63, 3.8) is 0 Å². The van der Waals surface area contributed by atoms with Gasteiger partial charge in [0.2, 0.25) is 0 Å². The Morgan fingerprint density at radius 1 is 1.43 bits per heavy atom. The zero-order valence-corrected chi connectivity index (χ0v) is 12.6. The number of hydrogen-bond acceptors (Lipinski definition) is 5. The Labute approximate surface area is 127 Å². The molecule has 2 heterocycles. The van der Waals surface area contributed by atoms with Gasteiger partial charge in [0.05, 0.1) is 22.3 Å². The van der Waals surface area contributed by atoms with E-state index in [0.717, 1.165) is 16.6 Å². The molecule has 0 saturated heterocycles. The standard InChI is InChI=1S/C15H17N3O2S/c1-20-8-4-7-18-9-11(19)13(14(18)16)15-17-10-5-2-3-6-12(10)21-15/h2-3,5-6,16,19H,4,7-9H2,1H3. The number of para-hydroxylation sites is 1. The number of fused-ring (bicyclic) bond motifs is 1. The van der Waals surface area contributed by atoms with Crippen LogP contribution >= 0.6 is 11.3 Å². The van der Waals surface area contributed by atoms with Gasteiger partial charge in [0.1, 0.15) is 16.6 Å². The van der Waals surface area contributed by atoms with Gasteiger partial charge in [0.25, 0.3) is 0 Å². The maximum Gasteiger partial charge on any atom is 0.135 e. The van der Waals surface area contributed by atoms with Crippen LogP contribution in [0.3, 0.4) is 0 Å². The number of nitrogens with one attached hydrogen (secondary N) is 1. The van der Waals surface area contributed by atoms with Crippen molar-refractivity contribution >= 4 is 33.0 Å². The summed E-state index contributed by atoms with van der Waals surface area (Å²) in [5.41, 5.74) is 1.47. The van der Waals surface area contributed by atoms with Crippen LogP contribution in [0.1, 0.15) is 11.4 Å². The summed E-state index contributed by atoms with van der Waals surface area (Å²) in [4.78, 5) is 6.39.